The summed E-state index contributed by atoms with van der Waals surface area (Å²) in [5.74, 6) is -3.26. The fraction of sp³-hybridized carbons (Fsp3) is 0.0800. The van der Waals surface area contributed by atoms with Gasteiger partial charge in [-0.2, -0.15) is 0 Å². The van der Waals surface area contributed by atoms with Crippen molar-refractivity contribution in [1.29, 1.82) is 0 Å². The average molecular weight is 458 g/mol. The summed E-state index contributed by atoms with van der Waals surface area (Å²) in [6.07, 6.45) is 0. The monoisotopic (exact) mass is 458 g/mol. The third-order valence-electron chi connectivity index (χ3n) is 5.22. The van der Waals surface area contributed by atoms with Gasteiger partial charge in [0, 0.05) is 24.2 Å². The number of ether oxygens (including phenoxy) is 1. The molecule has 0 aromatic heterocycles. The van der Waals surface area contributed by atoms with E-state index in [-0.39, 0.29) is 33.7 Å². The van der Waals surface area contributed by atoms with Gasteiger partial charge in [-0.3, -0.25) is 19.2 Å². The maximum atomic E-state index is 13.0. The lowest BCUT2D eigenvalue weighted by Gasteiger charge is -2.14. The van der Waals surface area contributed by atoms with Crippen LogP contribution in [0.4, 0.5) is 11.4 Å². The van der Waals surface area contributed by atoms with Crippen LogP contribution in [0.5, 0.6) is 5.75 Å². The van der Waals surface area contributed by atoms with Crippen LogP contribution >= 0.6 is 0 Å². The Hall–Kier alpha value is -4.79. The highest BCUT2D eigenvalue weighted by Gasteiger charge is 2.37. The summed E-state index contributed by atoms with van der Waals surface area (Å²) in [5.41, 5.74) is 1.51. The number of amides is 3. The Morgan fingerprint density at radius 1 is 0.882 bits per heavy atom. The Kier molecular flexibility index (Phi) is 5.68. The first kappa shape index (κ1) is 22.4. The molecule has 0 saturated heterocycles. The maximum absolute atomic E-state index is 13.0. The molecule has 1 aliphatic heterocycles. The van der Waals surface area contributed by atoms with Gasteiger partial charge in [0.05, 0.1) is 22.4 Å². The molecule has 0 unspecified atom stereocenters. The van der Waals surface area contributed by atoms with Crippen LogP contribution in [-0.2, 0) is 4.79 Å². The van der Waals surface area contributed by atoms with Crippen molar-refractivity contribution in [1.82, 2.24) is 0 Å². The Balaban J connectivity index is 1.62. The summed E-state index contributed by atoms with van der Waals surface area (Å²) >= 11 is 0. The normalized spacial score (nSPS) is 12.4. The van der Waals surface area contributed by atoms with E-state index in [0.29, 0.717) is 11.3 Å². The Morgan fingerprint density at radius 2 is 1.59 bits per heavy atom. The van der Waals surface area contributed by atoms with E-state index in [2.05, 4.69) is 5.32 Å². The van der Waals surface area contributed by atoms with Crippen molar-refractivity contribution >= 4 is 41.0 Å². The van der Waals surface area contributed by atoms with Crippen LogP contribution in [0.25, 0.3) is 0 Å². The number of hydrogen-bond donors (Lipinski definition) is 2. The third kappa shape index (κ3) is 4.14. The molecule has 0 radical (unpaired) electrons. The highest BCUT2D eigenvalue weighted by molar-refractivity contribution is 6.34. The van der Waals surface area contributed by atoms with Gasteiger partial charge in [-0.1, -0.05) is 12.1 Å². The molecule has 0 fully saturated rings. The molecule has 0 bridgehead atoms. The summed E-state index contributed by atoms with van der Waals surface area (Å²) < 4.78 is 5.02. The average Bonchev–Trinajstić information content (AvgIpc) is 3.04. The lowest BCUT2D eigenvalue weighted by molar-refractivity contribution is -0.131. The molecule has 1 heterocycles. The largest absolute Gasteiger partial charge is 0.478 e. The van der Waals surface area contributed by atoms with E-state index in [9.17, 15) is 29.1 Å². The molecule has 9 heteroatoms. The first-order valence-corrected chi connectivity index (χ1v) is 10.1. The number of nitrogens with one attached hydrogen (secondary N) is 1. The van der Waals surface area contributed by atoms with E-state index >= 15 is 0 Å². The molecule has 1 aliphatic rings. The molecule has 0 spiro atoms. The summed E-state index contributed by atoms with van der Waals surface area (Å²) in [6, 6.07) is 14.5. The fourth-order valence-corrected chi connectivity index (χ4v) is 3.55. The van der Waals surface area contributed by atoms with Gasteiger partial charge in [-0.15, -0.1) is 0 Å². The SMILES string of the molecule is CC(=O)Oc1cccc(N2C(=O)c3ccc(C(=O)Nc4cc(C(=O)O)ccc4C)cc3C2=O)c1. The number of carbonyl (C=O) groups is 5. The molecule has 0 atom stereocenters. The standard InChI is InChI=1S/C25H18N2O7/c1-13-6-7-16(25(32)33)11-21(13)26-22(29)15-8-9-19-20(10-15)24(31)27(23(19)30)17-4-3-5-18(12-17)34-14(2)28/h3-12H,1-2H3,(H,26,29)(H,32,33). The minimum absolute atomic E-state index is 0.0160. The van der Waals surface area contributed by atoms with Crippen molar-refractivity contribution in [2.24, 2.45) is 0 Å². The van der Waals surface area contributed by atoms with Crippen molar-refractivity contribution in [3.8, 4) is 5.75 Å². The summed E-state index contributed by atoms with van der Waals surface area (Å²) in [4.78, 5) is 62.2. The second kappa shape index (κ2) is 8.62. The van der Waals surface area contributed by atoms with Crippen molar-refractivity contribution in [2.45, 2.75) is 13.8 Å². The van der Waals surface area contributed by atoms with Gasteiger partial charge < -0.3 is 15.2 Å². The maximum Gasteiger partial charge on any atom is 0.335 e. The van der Waals surface area contributed by atoms with Crippen molar-refractivity contribution < 1.29 is 33.8 Å². The number of aromatic carboxylic acids is 1. The van der Waals surface area contributed by atoms with E-state index in [4.69, 9.17) is 4.74 Å². The van der Waals surface area contributed by atoms with E-state index in [0.717, 1.165) is 4.90 Å². The van der Waals surface area contributed by atoms with E-state index in [1.54, 1.807) is 19.1 Å². The number of benzene rings is 3. The fourth-order valence-electron chi connectivity index (χ4n) is 3.55. The first-order chi connectivity index (χ1) is 16.2. The first-order valence-electron chi connectivity index (χ1n) is 10.1. The number of hydrogen-bond acceptors (Lipinski definition) is 6. The number of fused-ring (bicyclic) bond motifs is 1. The molecular weight excluding hydrogens is 440 g/mol. The molecule has 3 aromatic carbocycles. The zero-order chi connectivity index (χ0) is 24.6. The summed E-state index contributed by atoms with van der Waals surface area (Å²) in [7, 11) is 0. The Labute approximate surface area is 193 Å². The number of anilines is 2. The number of esters is 1. The van der Waals surface area contributed by atoms with Gasteiger partial charge in [0.25, 0.3) is 17.7 Å². The number of carbonyl (C=O) groups excluding carboxylic acids is 4. The second-order valence-electron chi connectivity index (χ2n) is 7.59. The topological polar surface area (TPSA) is 130 Å². The van der Waals surface area contributed by atoms with Gasteiger partial charge in [0.2, 0.25) is 0 Å². The zero-order valence-corrected chi connectivity index (χ0v) is 18.1. The smallest absolute Gasteiger partial charge is 0.335 e. The van der Waals surface area contributed by atoms with Crippen molar-refractivity contribution in [2.75, 3.05) is 10.2 Å². The highest BCUT2D eigenvalue weighted by Crippen LogP contribution is 2.31. The summed E-state index contributed by atoms with van der Waals surface area (Å²) in [6.45, 7) is 2.95. The number of imide groups is 1. The van der Waals surface area contributed by atoms with Gasteiger partial charge in [0.1, 0.15) is 5.75 Å². The highest BCUT2D eigenvalue weighted by atomic mass is 16.5. The van der Waals surface area contributed by atoms with Gasteiger partial charge >= 0.3 is 11.9 Å². The molecule has 0 aliphatic carbocycles. The van der Waals surface area contributed by atoms with E-state index in [1.165, 1.54) is 55.5 Å². The van der Waals surface area contributed by atoms with E-state index in [1.807, 2.05) is 0 Å². The number of rotatable bonds is 5. The van der Waals surface area contributed by atoms with Gasteiger partial charge in [0.15, 0.2) is 0 Å². The molecule has 34 heavy (non-hydrogen) atoms. The minimum Gasteiger partial charge on any atom is -0.478 e. The minimum atomic E-state index is -1.13. The zero-order valence-electron chi connectivity index (χ0n) is 18.1. The third-order valence-corrected chi connectivity index (χ3v) is 5.22. The van der Waals surface area contributed by atoms with Crippen LogP contribution < -0.4 is 15.0 Å². The van der Waals surface area contributed by atoms with Crippen molar-refractivity contribution in [3.05, 3.63) is 88.5 Å². The predicted octanol–water partition coefficient (Wildman–Crippen LogP) is 3.67. The van der Waals surface area contributed by atoms with Crippen LogP contribution in [0.15, 0.2) is 60.7 Å². The van der Waals surface area contributed by atoms with Crippen LogP contribution in [0.2, 0.25) is 0 Å². The second-order valence-corrected chi connectivity index (χ2v) is 7.59. The molecular formula is C25H18N2O7. The van der Waals surface area contributed by atoms with Crippen LogP contribution in [-0.4, -0.2) is 34.8 Å². The Bertz CT molecular complexity index is 1390. The van der Waals surface area contributed by atoms with Crippen LogP contribution in [0.1, 0.15) is 53.9 Å². The number of carboxylic acids is 1. The molecule has 2 N–H and O–H groups in total. The Morgan fingerprint density at radius 3 is 2.29 bits per heavy atom. The molecule has 4 rings (SSSR count). The van der Waals surface area contributed by atoms with Gasteiger partial charge in [-0.05, 0) is 55.0 Å². The number of nitrogens with zero attached hydrogens (tertiary/aromatic N) is 1. The molecule has 3 aromatic rings. The number of carboxylic acid groups (broad SMARTS) is 1. The predicted molar refractivity (Wildman–Crippen MR) is 121 cm³/mol. The molecule has 9 nitrogen and oxygen atoms in total. The molecule has 170 valence electrons. The lowest BCUT2D eigenvalue weighted by atomic mass is 10.0. The number of aryl methyl sites for hydroxylation is 1. The summed E-state index contributed by atoms with van der Waals surface area (Å²) in [5, 5.41) is 11.8. The molecule has 0 saturated carbocycles. The van der Waals surface area contributed by atoms with Crippen LogP contribution in [0, 0.1) is 6.92 Å². The van der Waals surface area contributed by atoms with E-state index < -0.39 is 29.7 Å². The quantitative estimate of drug-likeness (QED) is 0.339. The van der Waals surface area contributed by atoms with Crippen molar-refractivity contribution in [3.63, 3.8) is 0 Å². The van der Waals surface area contributed by atoms with Gasteiger partial charge in [-0.25, -0.2) is 9.69 Å². The van der Waals surface area contributed by atoms with Crippen LogP contribution in [0.3, 0.4) is 0 Å². The molecule has 3 amide bonds. The lowest BCUT2D eigenvalue weighted by Crippen LogP contribution is -2.29.